The summed E-state index contributed by atoms with van der Waals surface area (Å²) in [5, 5.41) is 0. The zero-order chi connectivity index (χ0) is 18.9. The van der Waals surface area contributed by atoms with Gasteiger partial charge in [0.25, 0.3) is 0 Å². The van der Waals surface area contributed by atoms with Gasteiger partial charge in [0.2, 0.25) is 0 Å². The predicted octanol–water partition coefficient (Wildman–Crippen LogP) is 4.49. The van der Waals surface area contributed by atoms with E-state index in [2.05, 4.69) is 39.5 Å². The molecule has 0 aliphatic rings. The van der Waals surface area contributed by atoms with Crippen molar-refractivity contribution in [3.05, 3.63) is 29.6 Å². The van der Waals surface area contributed by atoms with Gasteiger partial charge in [0.15, 0.2) is 11.6 Å². The highest BCUT2D eigenvalue weighted by atomic mass is 19.1. The molecule has 1 aromatic rings. The fraction of sp³-hybridized carbons (Fsp3) is 0.714. The molecule has 0 aromatic heterocycles. The number of hydrogen-bond donors (Lipinski definition) is 0. The van der Waals surface area contributed by atoms with Gasteiger partial charge in [0.1, 0.15) is 13.2 Å². The molecule has 144 valence electrons. The molecule has 0 saturated carbocycles. The summed E-state index contributed by atoms with van der Waals surface area (Å²) in [4.78, 5) is 2.55. The number of hydrogen-bond acceptors (Lipinski definition) is 2. The molecule has 1 atom stereocenters. The Morgan fingerprint density at radius 1 is 1.12 bits per heavy atom. The fourth-order valence-electron chi connectivity index (χ4n) is 3.33. The van der Waals surface area contributed by atoms with Gasteiger partial charge in [-0.25, -0.2) is 4.39 Å². The van der Waals surface area contributed by atoms with Gasteiger partial charge in [-0.05, 0) is 58.4 Å². The lowest BCUT2D eigenvalue weighted by Crippen LogP contribution is -2.54. The van der Waals surface area contributed by atoms with Gasteiger partial charge in [-0.15, -0.1) is 0 Å². The Labute approximate surface area is 154 Å². The van der Waals surface area contributed by atoms with Gasteiger partial charge in [0, 0.05) is 12.6 Å². The number of likely N-dealkylation sites (N-methyl/N-ethyl adjacent to an activating group) is 2. The molecular formula is C21H38FN2O+. The van der Waals surface area contributed by atoms with E-state index in [4.69, 9.17) is 4.74 Å². The number of rotatable bonds is 12. The van der Waals surface area contributed by atoms with E-state index in [0.29, 0.717) is 18.4 Å². The maximum absolute atomic E-state index is 13.9. The first-order chi connectivity index (χ1) is 11.9. The third-order valence-electron chi connectivity index (χ3n) is 5.73. The fourth-order valence-corrected chi connectivity index (χ4v) is 3.33. The van der Waals surface area contributed by atoms with Crippen LogP contribution < -0.4 is 4.74 Å². The van der Waals surface area contributed by atoms with E-state index in [0.717, 1.165) is 49.3 Å². The number of halogens is 1. The van der Waals surface area contributed by atoms with Crippen molar-refractivity contribution >= 4 is 0 Å². The molecule has 1 unspecified atom stereocenters. The largest absolute Gasteiger partial charge is 0.485 e. The average molecular weight is 354 g/mol. The van der Waals surface area contributed by atoms with Crippen LogP contribution in [0.15, 0.2) is 18.2 Å². The molecule has 0 spiro atoms. The minimum atomic E-state index is -0.264. The Morgan fingerprint density at radius 3 is 2.32 bits per heavy atom. The van der Waals surface area contributed by atoms with Crippen molar-refractivity contribution in [2.45, 2.75) is 54.0 Å². The molecule has 0 bridgehead atoms. The summed E-state index contributed by atoms with van der Waals surface area (Å²) in [7, 11) is 0. The summed E-state index contributed by atoms with van der Waals surface area (Å²) in [5.41, 5.74) is 0.918. The summed E-state index contributed by atoms with van der Waals surface area (Å²) in [5.74, 6) is 0.103. The van der Waals surface area contributed by atoms with Crippen LogP contribution >= 0.6 is 0 Å². The highest BCUT2D eigenvalue weighted by molar-refractivity contribution is 5.28. The van der Waals surface area contributed by atoms with E-state index in [1.165, 1.54) is 12.5 Å². The standard InChI is InChI=1S/C21H38FN2O/c1-7-19(6)23(8-2)13-14-24(9-3,10-4)15-16-25-21-12-11-18(5)17-20(21)22/h11-12,17,19H,7-10,13-16H2,1-6H3/q+1. The molecule has 0 radical (unpaired) electrons. The van der Waals surface area contributed by atoms with Crippen LogP contribution in [0.3, 0.4) is 0 Å². The van der Waals surface area contributed by atoms with Crippen LogP contribution in [-0.2, 0) is 0 Å². The van der Waals surface area contributed by atoms with Crippen molar-refractivity contribution in [3.63, 3.8) is 0 Å². The monoisotopic (exact) mass is 353 g/mol. The molecule has 0 aliphatic carbocycles. The number of nitrogens with zero attached hydrogens (tertiary/aromatic N) is 2. The second kappa shape index (κ2) is 10.8. The molecule has 1 rings (SSSR count). The molecule has 4 heteroatoms. The van der Waals surface area contributed by atoms with Gasteiger partial charge >= 0.3 is 0 Å². The zero-order valence-electron chi connectivity index (χ0n) is 17.1. The van der Waals surface area contributed by atoms with E-state index in [9.17, 15) is 4.39 Å². The molecule has 1 aromatic carbocycles. The van der Waals surface area contributed by atoms with Crippen LogP contribution in [0.4, 0.5) is 4.39 Å². The maximum atomic E-state index is 13.9. The summed E-state index contributed by atoms with van der Waals surface area (Å²) in [6.45, 7) is 20.1. The smallest absolute Gasteiger partial charge is 0.165 e. The van der Waals surface area contributed by atoms with Crippen LogP contribution in [0, 0.1) is 12.7 Å². The van der Waals surface area contributed by atoms with Crippen molar-refractivity contribution in [3.8, 4) is 5.75 Å². The minimum Gasteiger partial charge on any atom is -0.485 e. The van der Waals surface area contributed by atoms with Crippen molar-refractivity contribution in [1.82, 2.24) is 4.90 Å². The highest BCUT2D eigenvalue weighted by Gasteiger charge is 2.25. The second-order valence-corrected chi connectivity index (χ2v) is 7.09. The Hall–Kier alpha value is -1.13. The van der Waals surface area contributed by atoms with Crippen molar-refractivity contribution < 1.29 is 13.6 Å². The minimum absolute atomic E-state index is 0.264. The molecule has 0 fully saturated rings. The number of aryl methyl sites for hydroxylation is 1. The molecule has 0 amide bonds. The lowest BCUT2D eigenvalue weighted by atomic mass is 10.2. The maximum Gasteiger partial charge on any atom is 0.165 e. The summed E-state index contributed by atoms with van der Waals surface area (Å²) in [6.07, 6.45) is 1.18. The first-order valence-electron chi connectivity index (χ1n) is 9.89. The van der Waals surface area contributed by atoms with Crippen LogP contribution in [0.2, 0.25) is 0 Å². The molecule has 0 heterocycles. The number of ether oxygens (including phenoxy) is 1. The topological polar surface area (TPSA) is 12.5 Å². The Balaban J connectivity index is 2.62. The third kappa shape index (κ3) is 6.59. The van der Waals surface area contributed by atoms with Gasteiger partial charge in [0.05, 0.1) is 19.6 Å². The second-order valence-electron chi connectivity index (χ2n) is 7.09. The Morgan fingerprint density at radius 2 is 1.80 bits per heavy atom. The van der Waals surface area contributed by atoms with Crippen LogP contribution in [0.25, 0.3) is 0 Å². The van der Waals surface area contributed by atoms with Gasteiger partial charge in [-0.3, -0.25) is 4.90 Å². The van der Waals surface area contributed by atoms with E-state index in [1.807, 2.05) is 13.0 Å². The third-order valence-corrected chi connectivity index (χ3v) is 5.73. The average Bonchev–Trinajstić information content (AvgIpc) is 2.62. The van der Waals surface area contributed by atoms with Gasteiger partial charge in [-0.2, -0.15) is 0 Å². The van der Waals surface area contributed by atoms with Gasteiger partial charge < -0.3 is 9.22 Å². The van der Waals surface area contributed by atoms with E-state index in [-0.39, 0.29) is 5.82 Å². The van der Waals surface area contributed by atoms with Crippen LogP contribution in [0.1, 0.15) is 46.6 Å². The molecule has 0 N–H and O–H groups in total. The van der Waals surface area contributed by atoms with Crippen molar-refractivity contribution in [1.29, 1.82) is 0 Å². The number of quaternary nitrogens is 1. The SMILES string of the molecule is CCC(C)N(CC)CC[N+](CC)(CC)CCOc1ccc(C)cc1F. The summed E-state index contributed by atoms with van der Waals surface area (Å²) >= 11 is 0. The molecule has 0 saturated heterocycles. The summed E-state index contributed by atoms with van der Waals surface area (Å²) < 4.78 is 20.7. The first-order valence-corrected chi connectivity index (χ1v) is 9.89. The first kappa shape index (κ1) is 21.9. The normalized spacial score (nSPS) is 13.3. The van der Waals surface area contributed by atoms with Crippen molar-refractivity contribution in [2.24, 2.45) is 0 Å². The van der Waals surface area contributed by atoms with E-state index < -0.39 is 0 Å². The molecular weight excluding hydrogens is 315 g/mol. The lowest BCUT2D eigenvalue weighted by molar-refractivity contribution is -0.924. The molecule has 3 nitrogen and oxygen atoms in total. The molecule has 25 heavy (non-hydrogen) atoms. The predicted molar refractivity (Wildman–Crippen MR) is 105 cm³/mol. The van der Waals surface area contributed by atoms with Crippen LogP contribution in [-0.4, -0.2) is 61.3 Å². The Bertz CT molecular complexity index is 503. The van der Waals surface area contributed by atoms with Crippen LogP contribution in [0.5, 0.6) is 5.75 Å². The number of benzene rings is 1. The summed E-state index contributed by atoms with van der Waals surface area (Å²) in [6, 6.07) is 5.78. The zero-order valence-corrected chi connectivity index (χ0v) is 17.1. The quantitative estimate of drug-likeness (QED) is 0.513. The molecule has 0 aliphatic heterocycles. The van der Waals surface area contributed by atoms with E-state index >= 15 is 0 Å². The van der Waals surface area contributed by atoms with Gasteiger partial charge in [-0.1, -0.05) is 19.9 Å². The highest BCUT2D eigenvalue weighted by Crippen LogP contribution is 2.18. The Kier molecular flexibility index (Phi) is 9.44. The van der Waals surface area contributed by atoms with Crippen molar-refractivity contribution in [2.75, 3.05) is 45.9 Å². The lowest BCUT2D eigenvalue weighted by Gasteiger charge is -2.39. The van der Waals surface area contributed by atoms with E-state index in [1.54, 1.807) is 6.07 Å².